The van der Waals surface area contributed by atoms with Gasteiger partial charge in [0.15, 0.2) is 0 Å². The molecule has 1 aliphatic carbocycles. The van der Waals surface area contributed by atoms with Crippen molar-refractivity contribution in [2.75, 3.05) is 0 Å². The topological polar surface area (TPSA) is 37.3 Å². The zero-order chi connectivity index (χ0) is 16.1. The monoisotopic (exact) mass is 331 g/mol. The van der Waals surface area contributed by atoms with Gasteiger partial charge in [-0.3, -0.25) is 0 Å². The molecule has 0 saturated heterocycles. The van der Waals surface area contributed by atoms with Crippen molar-refractivity contribution in [3.05, 3.63) is 46.4 Å². The summed E-state index contributed by atoms with van der Waals surface area (Å²) in [5, 5.41) is 5.31. The van der Waals surface area contributed by atoms with Gasteiger partial charge in [-0.15, -0.1) is 11.3 Å². The minimum absolute atomic E-state index is 0.0616. The third kappa shape index (κ3) is 4.38. The van der Waals surface area contributed by atoms with Crippen LogP contribution in [0, 0.1) is 0 Å². The molecule has 2 aromatic heterocycles. The molecule has 1 N–H and O–H groups in total. The van der Waals surface area contributed by atoms with E-state index in [1.165, 1.54) is 24.1 Å². The van der Waals surface area contributed by atoms with Gasteiger partial charge in [0.2, 0.25) is 0 Å². The largest absolute Gasteiger partial charge is 0.353 e. The third-order valence-electron chi connectivity index (χ3n) is 4.55. The van der Waals surface area contributed by atoms with Gasteiger partial charge in [0.25, 0.3) is 0 Å². The van der Waals surface area contributed by atoms with Gasteiger partial charge in [-0.25, -0.2) is 4.79 Å². The lowest BCUT2D eigenvalue weighted by atomic mass is 9.96. The second-order valence-corrected chi connectivity index (χ2v) is 7.36. The van der Waals surface area contributed by atoms with Gasteiger partial charge < -0.3 is 14.8 Å². The van der Waals surface area contributed by atoms with E-state index in [1.54, 1.807) is 11.3 Å². The standard InChI is InChI=1S/C18H25N3OS/c1-20-11-5-9-16(20)13-21(14-17-10-6-12-23-17)18(22)19-15-7-3-2-4-8-15/h5-6,9-12,15H,2-4,7-8,13-14H2,1H3,(H,19,22). The van der Waals surface area contributed by atoms with Crippen LogP contribution in [0.4, 0.5) is 4.79 Å². The SMILES string of the molecule is Cn1cccc1CN(Cc1cccs1)C(=O)NC1CCCCC1. The fourth-order valence-corrected chi connectivity index (χ4v) is 3.88. The number of aromatic nitrogens is 1. The lowest BCUT2D eigenvalue weighted by Gasteiger charge is -2.28. The number of hydrogen-bond donors (Lipinski definition) is 1. The Labute approximate surface area is 142 Å². The Kier molecular flexibility index (Phi) is 5.39. The first-order valence-corrected chi connectivity index (χ1v) is 9.28. The van der Waals surface area contributed by atoms with Gasteiger partial charge in [-0.1, -0.05) is 25.3 Å². The second kappa shape index (κ2) is 7.68. The van der Waals surface area contributed by atoms with E-state index in [2.05, 4.69) is 27.4 Å². The zero-order valence-corrected chi connectivity index (χ0v) is 14.5. The Morgan fingerprint density at radius 2 is 2.09 bits per heavy atom. The van der Waals surface area contributed by atoms with Crippen LogP contribution in [-0.4, -0.2) is 21.5 Å². The fourth-order valence-electron chi connectivity index (χ4n) is 3.16. The number of nitrogens with one attached hydrogen (secondary N) is 1. The number of thiophene rings is 1. The van der Waals surface area contributed by atoms with E-state index in [4.69, 9.17) is 0 Å². The molecule has 124 valence electrons. The summed E-state index contributed by atoms with van der Waals surface area (Å²) in [4.78, 5) is 15.9. The molecule has 1 aliphatic rings. The number of carbonyl (C=O) groups is 1. The molecule has 1 saturated carbocycles. The summed E-state index contributed by atoms with van der Waals surface area (Å²) in [6.07, 6.45) is 8.01. The van der Waals surface area contributed by atoms with Crippen LogP contribution < -0.4 is 5.32 Å². The van der Waals surface area contributed by atoms with Gasteiger partial charge in [0, 0.05) is 29.9 Å². The molecule has 0 bridgehead atoms. The first kappa shape index (κ1) is 16.1. The molecule has 1 fully saturated rings. The molecule has 0 radical (unpaired) electrons. The quantitative estimate of drug-likeness (QED) is 0.879. The number of urea groups is 1. The predicted molar refractivity (Wildman–Crippen MR) is 94.4 cm³/mol. The van der Waals surface area contributed by atoms with Crippen LogP contribution >= 0.6 is 11.3 Å². The van der Waals surface area contributed by atoms with Crippen molar-refractivity contribution >= 4 is 17.4 Å². The van der Waals surface area contributed by atoms with Gasteiger partial charge in [-0.05, 0) is 36.4 Å². The summed E-state index contributed by atoms with van der Waals surface area (Å²) in [6, 6.07) is 8.64. The van der Waals surface area contributed by atoms with E-state index in [1.807, 2.05) is 30.3 Å². The summed E-state index contributed by atoms with van der Waals surface area (Å²) < 4.78 is 2.08. The number of carbonyl (C=O) groups excluding carboxylic acids is 1. The summed E-state index contributed by atoms with van der Waals surface area (Å²) >= 11 is 1.70. The molecule has 5 heteroatoms. The Morgan fingerprint density at radius 3 is 2.74 bits per heavy atom. The average Bonchev–Trinajstić information content (AvgIpc) is 3.20. The first-order valence-electron chi connectivity index (χ1n) is 8.40. The van der Waals surface area contributed by atoms with Crippen LogP contribution in [0.3, 0.4) is 0 Å². The van der Waals surface area contributed by atoms with Crippen LogP contribution in [0.2, 0.25) is 0 Å². The maximum Gasteiger partial charge on any atom is 0.318 e. The minimum atomic E-state index is 0.0616. The molecule has 2 aromatic rings. The van der Waals surface area contributed by atoms with Crippen molar-refractivity contribution in [3.8, 4) is 0 Å². The van der Waals surface area contributed by atoms with E-state index < -0.39 is 0 Å². The van der Waals surface area contributed by atoms with Crippen molar-refractivity contribution < 1.29 is 4.79 Å². The van der Waals surface area contributed by atoms with Gasteiger partial charge in [0.05, 0.1) is 13.1 Å². The summed E-state index contributed by atoms with van der Waals surface area (Å²) in [7, 11) is 2.03. The van der Waals surface area contributed by atoms with E-state index in [0.717, 1.165) is 18.5 Å². The Hall–Kier alpha value is -1.75. The first-order chi connectivity index (χ1) is 11.2. The number of nitrogens with zero attached hydrogens (tertiary/aromatic N) is 2. The van der Waals surface area contributed by atoms with Gasteiger partial charge >= 0.3 is 6.03 Å². The Balaban J connectivity index is 1.68. The third-order valence-corrected chi connectivity index (χ3v) is 5.41. The summed E-state index contributed by atoms with van der Waals surface area (Å²) in [6.45, 7) is 1.31. The molecular formula is C18H25N3OS. The molecule has 0 unspecified atom stereocenters. The molecule has 4 nitrogen and oxygen atoms in total. The molecule has 2 heterocycles. The van der Waals surface area contributed by atoms with E-state index >= 15 is 0 Å². The highest BCUT2D eigenvalue weighted by molar-refractivity contribution is 7.09. The van der Waals surface area contributed by atoms with E-state index in [9.17, 15) is 4.79 Å². The van der Waals surface area contributed by atoms with Crippen molar-refractivity contribution in [2.24, 2.45) is 7.05 Å². The molecule has 0 atom stereocenters. The van der Waals surface area contributed by atoms with Gasteiger partial charge in [0.1, 0.15) is 0 Å². The normalized spacial score (nSPS) is 15.5. The highest BCUT2D eigenvalue weighted by Gasteiger charge is 2.21. The predicted octanol–water partition coefficient (Wildman–Crippen LogP) is 4.13. The smallest absolute Gasteiger partial charge is 0.318 e. The number of amides is 2. The second-order valence-electron chi connectivity index (χ2n) is 6.33. The average molecular weight is 331 g/mol. The number of aryl methyl sites for hydroxylation is 1. The highest BCUT2D eigenvalue weighted by atomic mass is 32.1. The lowest BCUT2D eigenvalue weighted by Crippen LogP contribution is -2.45. The van der Waals surface area contributed by atoms with Crippen molar-refractivity contribution in [1.82, 2.24) is 14.8 Å². The molecule has 0 aliphatic heterocycles. The van der Waals surface area contributed by atoms with Crippen LogP contribution in [0.25, 0.3) is 0 Å². The zero-order valence-electron chi connectivity index (χ0n) is 13.7. The van der Waals surface area contributed by atoms with Crippen LogP contribution in [-0.2, 0) is 20.1 Å². The highest BCUT2D eigenvalue weighted by Crippen LogP contribution is 2.19. The van der Waals surface area contributed by atoms with E-state index in [0.29, 0.717) is 19.1 Å². The number of rotatable bonds is 5. The van der Waals surface area contributed by atoms with Gasteiger partial charge in [-0.2, -0.15) is 0 Å². The van der Waals surface area contributed by atoms with Crippen molar-refractivity contribution in [2.45, 2.75) is 51.2 Å². The van der Waals surface area contributed by atoms with Crippen molar-refractivity contribution in [3.63, 3.8) is 0 Å². The number of hydrogen-bond acceptors (Lipinski definition) is 2. The van der Waals surface area contributed by atoms with Crippen molar-refractivity contribution in [1.29, 1.82) is 0 Å². The van der Waals surface area contributed by atoms with Crippen LogP contribution in [0.1, 0.15) is 42.7 Å². The lowest BCUT2D eigenvalue weighted by molar-refractivity contribution is 0.184. The van der Waals surface area contributed by atoms with Crippen LogP contribution in [0.15, 0.2) is 35.8 Å². The molecule has 0 spiro atoms. The molecule has 2 amide bonds. The van der Waals surface area contributed by atoms with E-state index in [-0.39, 0.29) is 6.03 Å². The molecule has 0 aromatic carbocycles. The maximum atomic E-state index is 12.8. The Bertz CT molecular complexity index is 614. The molecular weight excluding hydrogens is 306 g/mol. The fraction of sp³-hybridized carbons (Fsp3) is 0.500. The molecule has 23 heavy (non-hydrogen) atoms. The Morgan fingerprint density at radius 1 is 1.26 bits per heavy atom. The summed E-state index contributed by atoms with van der Waals surface area (Å²) in [5.74, 6) is 0. The molecule has 3 rings (SSSR count). The maximum absolute atomic E-state index is 12.8. The summed E-state index contributed by atoms with van der Waals surface area (Å²) in [5.41, 5.74) is 1.15. The minimum Gasteiger partial charge on any atom is -0.353 e. The van der Waals surface area contributed by atoms with Crippen LogP contribution in [0.5, 0.6) is 0 Å².